The number of carboxylic acids is 1. The second-order valence-electron chi connectivity index (χ2n) is 9.03. The molecule has 0 saturated carbocycles. The van der Waals surface area contributed by atoms with E-state index in [-0.39, 0.29) is 5.56 Å². The first-order valence-electron chi connectivity index (χ1n) is 10.7. The predicted octanol–water partition coefficient (Wildman–Crippen LogP) is -9.13. The predicted molar refractivity (Wildman–Crippen MR) is 150 cm³/mol. The molecule has 1 heterocycles. The smallest absolute Gasteiger partial charge is 0.335 e. The molecule has 0 amide bonds. The lowest BCUT2D eigenvalue weighted by Crippen LogP contribution is -2.60. The van der Waals surface area contributed by atoms with Gasteiger partial charge in [0.15, 0.2) is 6.10 Å². The highest BCUT2D eigenvalue weighted by Crippen LogP contribution is 2.34. The topological polar surface area (TPSA) is 133 Å². The van der Waals surface area contributed by atoms with Gasteiger partial charge in [-0.3, -0.25) is 4.79 Å². The molecule has 0 bridgehead atoms. The van der Waals surface area contributed by atoms with Gasteiger partial charge in [-0.1, -0.05) is 28.6 Å². The lowest BCUT2D eigenvalue weighted by Gasteiger charge is -2.32. The zero-order valence-corrected chi connectivity index (χ0v) is 21.1. The molecular formula is C18H22B7NO7S. The van der Waals surface area contributed by atoms with Crippen molar-refractivity contribution < 1.29 is 32.0 Å². The number of carbonyl (C=O) groups excluding carboxylic acids is 1. The van der Waals surface area contributed by atoms with Crippen LogP contribution in [0.2, 0.25) is 0 Å². The van der Waals surface area contributed by atoms with Crippen LogP contribution in [0.4, 0.5) is 0 Å². The molecule has 0 fully saturated rings. The van der Waals surface area contributed by atoms with Crippen LogP contribution in [0.3, 0.4) is 0 Å². The summed E-state index contributed by atoms with van der Waals surface area (Å²) in [5.74, 6) is -2.91. The van der Waals surface area contributed by atoms with Crippen LogP contribution in [0.1, 0.15) is 27.6 Å². The molecule has 3 rings (SSSR count). The number of rotatable bonds is 6. The molecule has 3 N–H and O–H groups in total. The first-order chi connectivity index (χ1) is 15.6. The van der Waals surface area contributed by atoms with Gasteiger partial charge in [0.05, 0.1) is 10.1 Å². The van der Waals surface area contributed by atoms with Crippen LogP contribution in [0.25, 0.3) is 0 Å². The Kier molecular flexibility index (Phi) is 6.60. The van der Waals surface area contributed by atoms with Crippen LogP contribution in [0.15, 0.2) is 35.9 Å². The van der Waals surface area contributed by atoms with E-state index in [1.807, 2.05) is 39.2 Å². The molecule has 0 aromatic heterocycles. The molecule has 16 heteroatoms. The molecule has 2 aromatic rings. The maximum absolute atomic E-state index is 13.5. The third-order valence-corrected chi connectivity index (χ3v) is 8.65. The molecule has 0 saturated heterocycles. The lowest BCUT2D eigenvalue weighted by molar-refractivity contribution is -0.123. The molecule has 0 spiro atoms. The quantitative estimate of drug-likeness (QED) is 0.313. The highest BCUT2D eigenvalue weighted by molar-refractivity contribution is 7.90. The Bertz CT molecular complexity index is 1330. The second-order valence-corrected chi connectivity index (χ2v) is 11.1. The number of ether oxygens (including phenoxy) is 1. The summed E-state index contributed by atoms with van der Waals surface area (Å²) in [7, 11) is 8.30. The molecule has 0 radical (unpaired) electrons. The zero-order valence-electron chi connectivity index (χ0n) is 20.3. The third kappa shape index (κ3) is 4.08. The van der Waals surface area contributed by atoms with E-state index in [0.717, 1.165) is 27.3 Å². The van der Waals surface area contributed by atoms with E-state index in [1.54, 1.807) is 0 Å². The molecule has 34 heavy (non-hydrogen) atoms. The van der Waals surface area contributed by atoms with E-state index in [1.165, 1.54) is 40.0 Å². The van der Waals surface area contributed by atoms with Crippen LogP contribution >= 0.6 is 0 Å². The van der Waals surface area contributed by atoms with Gasteiger partial charge < -0.3 is 19.8 Å². The van der Waals surface area contributed by atoms with Crippen LogP contribution in [0, 0.1) is 0 Å². The van der Waals surface area contributed by atoms with Crippen molar-refractivity contribution in [3.63, 3.8) is 0 Å². The molecule has 8 nitrogen and oxygen atoms in total. The Balaban J connectivity index is 1.97. The van der Waals surface area contributed by atoms with Crippen molar-refractivity contribution in [2.75, 3.05) is 0 Å². The Morgan fingerprint density at radius 3 is 1.91 bits per heavy atom. The molecule has 168 valence electrons. The van der Waals surface area contributed by atoms with E-state index in [4.69, 9.17) is 19.8 Å². The fourth-order valence-electron chi connectivity index (χ4n) is 4.32. The molecule has 1 unspecified atom stereocenters. The van der Waals surface area contributed by atoms with Crippen molar-refractivity contribution in [1.82, 2.24) is 0 Å². The Labute approximate surface area is 205 Å². The van der Waals surface area contributed by atoms with Gasteiger partial charge in [0.25, 0.3) is 0 Å². The van der Waals surface area contributed by atoms with E-state index >= 15 is 0 Å². The van der Waals surface area contributed by atoms with Crippen molar-refractivity contribution in [2.24, 2.45) is 5.73 Å². The van der Waals surface area contributed by atoms with Crippen LogP contribution < -0.4 is 33.0 Å². The van der Waals surface area contributed by atoms with E-state index in [9.17, 15) is 18.0 Å². The summed E-state index contributed by atoms with van der Waals surface area (Å²) in [5, 5.41) is 9.05. The molecule has 1 aliphatic rings. The fraction of sp³-hybridized carbons (Fsp3) is 0.111. The fourth-order valence-corrected chi connectivity index (χ4v) is 5.47. The summed E-state index contributed by atoms with van der Waals surface area (Å²) >= 11 is 0. The van der Waals surface area contributed by atoms with Crippen molar-refractivity contribution in [3.05, 3.63) is 52.6 Å². The number of ketones is 1. The summed E-state index contributed by atoms with van der Waals surface area (Å²) in [6.07, 6.45) is -1.23. The van der Waals surface area contributed by atoms with Gasteiger partial charge >= 0.3 is 16.1 Å². The molecular weight excluding hydrogens is 450 g/mol. The second kappa shape index (κ2) is 8.72. The summed E-state index contributed by atoms with van der Waals surface area (Å²) < 4.78 is 36.2. The van der Waals surface area contributed by atoms with Crippen molar-refractivity contribution >= 4 is 104 Å². The normalized spacial score (nSPS) is 16.4. The Hall–Kier alpha value is -2.88. The number of carboxylic acid groups (broad SMARTS) is 1. The maximum atomic E-state index is 13.5. The Morgan fingerprint density at radius 2 is 1.44 bits per heavy atom. The number of hydrogen-bond acceptors (Lipinski definition) is 7. The van der Waals surface area contributed by atoms with Crippen LogP contribution in [0.5, 0.6) is 0 Å². The Morgan fingerprint density at radius 1 is 0.971 bits per heavy atom. The lowest BCUT2D eigenvalue weighted by atomic mass is 9.53. The number of nitrogens with two attached hydrogens (primary N) is 1. The van der Waals surface area contributed by atoms with Gasteiger partial charge in [-0.15, -0.1) is 16.4 Å². The van der Waals surface area contributed by atoms with Gasteiger partial charge in [0.1, 0.15) is 54.9 Å². The SMILES string of the molecule is Bc1c(B)c(B)c(C(B)(B)S(=O)(=O)OC2=C(N)OC(c3ccc(C(=O)O)cc3)C2=O)c(B)c1B. The monoisotopic (exact) mass is 473 g/mol. The van der Waals surface area contributed by atoms with Crippen molar-refractivity contribution in [2.45, 2.75) is 10.6 Å². The van der Waals surface area contributed by atoms with E-state index in [0.29, 0.717) is 11.1 Å². The van der Waals surface area contributed by atoms with Gasteiger partial charge in [0.2, 0.25) is 17.4 Å². The van der Waals surface area contributed by atoms with Gasteiger partial charge in [-0.2, -0.15) is 8.42 Å². The summed E-state index contributed by atoms with van der Waals surface area (Å²) in [5.41, 5.74) is 11.6. The van der Waals surface area contributed by atoms with E-state index in [2.05, 4.69) is 0 Å². The van der Waals surface area contributed by atoms with Gasteiger partial charge in [-0.05, 0) is 12.1 Å². The maximum Gasteiger partial charge on any atom is 0.335 e. The minimum atomic E-state index is -4.39. The zero-order chi connectivity index (χ0) is 25.7. The summed E-state index contributed by atoms with van der Waals surface area (Å²) in [4.78, 5) is 24.1. The number of Topliss-reactive ketones (excluding diaryl/α,β-unsaturated/α-hetero) is 1. The average Bonchev–Trinajstić information content (AvgIpc) is 3.04. The minimum Gasteiger partial charge on any atom is -0.478 e. The molecule has 1 atom stereocenters. The first-order valence-corrected chi connectivity index (χ1v) is 12.1. The largest absolute Gasteiger partial charge is 0.478 e. The number of aromatic carboxylic acids is 1. The van der Waals surface area contributed by atoms with Gasteiger partial charge in [0, 0.05) is 5.56 Å². The highest BCUT2D eigenvalue weighted by Gasteiger charge is 2.45. The van der Waals surface area contributed by atoms with Crippen molar-refractivity contribution in [3.8, 4) is 0 Å². The van der Waals surface area contributed by atoms with Crippen molar-refractivity contribution in [1.29, 1.82) is 0 Å². The summed E-state index contributed by atoms with van der Waals surface area (Å²) in [6.45, 7) is 0. The third-order valence-electron chi connectivity index (χ3n) is 6.81. The molecule has 0 aliphatic carbocycles. The minimum absolute atomic E-state index is 0.0327. The first kappa shape index (κ1) is 25.7. The molecule has 1 aliphatic heterocycles. The van der Waals surface area contributed by atoms with Gasteiger partial charge in [-0.25, -0.2) is 4.79 Å². The average molecular weight is 472 g/mol. The highest BCUT2D eigenvalue weighted by atomic mass is 32.2. The summed E-state index contributed by atoms with van der Waals surface area (Å²) in [6, 6.07) is 5.45. The van der Waals surface area contributed by atoms with Crippen LogP contribution in [-0.2, 0) is 28.4 Å². The molecule has 2 aromatic carbocycles. The van der Waals surface area contributed by atoms with Crippen LogP contribution in [-0.4, -0.2) is 80.2 Å². The number of hydrogen-bond donors (Lipinski definition) is 2. The number of carbonyl (C=O) groups is 2. The van der Waals surface area contributed by atoms with E-state index < -0.39 is 44.2 Å². The standard InChI is InChI=1S/C18H22B7NO7S/c19-8-7(9(20)11(22)12(23)10(8)21)18(24,25)34(30,31)33-15-13(27)14(32-16(15)26)5-1-3-6(4-2-5)17(28)29/h1-4,14H,19-26H2,(H,28,29). The number of benzene rings is 2.